The first-order valence-electron chi connectivity index (χ1n) is 8.13. The van der Waals surface area contributed by atoms with Gasteiger partial charge in [-0.3, -0.25) is 4.90 Å². The zero-order valence-corrected chi connectivity index (χ0v) is 12.6. The number of benzene rings is 1. The molecule has 0 bridgehead atoms. The van der Waals surface area contributed by atoms with E-state index in [-0.39, 0.29) is 0 Å². The van der Waals surface area contributed by atoms with Gasteiger partial charge in [-0.15, -0.1) is 0 Å². The summed E-state index contributed by atoms with van der Waals surface area (Å²) in [6.07, 6.45) is 8.07. The Kier molecular flexibility index (Phi) is 5.91. The maximum atomic E-state index is 2.77. The lowest BCUT2D eigenvalue weighted by Crippen LogP contribution is -2.44. The van der Waals surface area contributed by atoms with E-state index in [0.717, 1.165) is 12.0 Å². The van der Waals surface area contributed by atoms with E-state index in [2.05, 4.69) is 49.1 Å². The number of rotatable bonds is 6. The van der Waals surface area contributed by atoms with E-state index in [9.17, 15) is 0 Å². The Balaban J connectivity index is 2.08. The number of nitrogens with zero attached hydrogens (tertiary/aromatic N) is 1. The molecule has 1 atom stereocenters. The van der Waals surface area contributed by atoms with E-state index in [1.807, 2.05) is 0 Å². The Morgan fingerprint density at radius 3 is 2.16 bits per heavy atom. The van der Waals surface area contributed by atoms with Gasteiger partial charge in [-0.05, 0) is 43.8 Å². The van der Waals surface area contributed by atoms with Crippen LogP contribution < -0.4 is 0 Å². The van der Waals surface area contributed by atoms with Crippen molar-refractivity contribution in [3.63, 3.8) is 0 Å². The monoisotopic (exact) mass is 259 g/mol. The lowest BCUT2D eigenvalue weighted by atomic mass is 9.87. The SMILES string of the molecule is CCC(CC)C(Cc1ccccc1)N1CCCCC1. The maximum absolute atomic E-state index is 2.77. The van der Waals surface area contributed by atoms with E-state index in [0.29, 0.717) is 0 Å². The molecule has 1 aliphatic heterocycles. The molecule has 1 aromatic rings. The summed E-state index contributed by atoms with van der Waals surface area (Å²) in [6, 6.07) is 11.8. The molecule has 1 heteroatoms. The summed E-state index contributed by atoms with van der Waals surface area (Å²) in [6.45, 7) is 7.34. The molecule has 0 aromatic heterocycles. The second-order valence-electron chi connectivity index (χ2n) is 5.93. The largest absolute Gasteiger partial charge is 0.300 e. The van der Waals surface area contributed by atoms with E-state index >= 15 is 0 Å². The highest BCUT2D eigenvalue weighted by atomic mass is 15.2. The van der Waals surface area contributed by atoms with Gasteiger partial charge in [0.1, 0.15) is 0 Å². The fourth-order valence-corrected chi connectivity index (χ4v) is 3.53. The van der Waals surface area contributed by atoms with E-state index in [1.54, 1.807) is 0 Å². The Morgan fingerprint density at radius 2 is 1.58 bits per heavy atom. The molecule has 0 saturated carbocycles. The number of hydrogen-bond acceptors (Lipinski definition) is 1. The van der Waals surface area contributed by atoms with Gasteiger partial charge in [0.15, 0.2) is 0 Å². The topological polar surface area (TPSA) is 3.24 Å². The molecule has 0 aliphatic carbocycles. The van der Waals surface area contributed by atoms with Gasteiger partial charge in [-0.25, -0.2) is 0 Å². The zero-order valence-electron chi connectivity index (χ0n) is 12.6. The molecule has 1 unspecified atom stereocenters. The summed E-state index contributed by atoms with van der Waals surface area (Å²) in [7, 11) is 0. The second kappa shape index (κ2) is 7.69. The van der Waals surface area contributed by atoms with Gasteiger partial charge in [0.05, 0.1) is 0 Å². The minimum atomic E-state index is 0.748. The van der Waals surface area contributed by atoms with Crippen LogP contribution in [0.4, 0.5) is 0 Å². The first kappa shape index (κ1) is 14.6. The maximum Gasteiger partial charge on any atom is 0.0164 e. The van der Waals surface area contributed by atoms with Crippen LogP contribution in [-0.4, -0.2) is 24.0 Å². The van der Waals surface area contributed by atoms with E-state index in [1.165, 1.54) is 57.2 Å². The molecule has 0 radical (unpaired) electrons. The lowest BCUT2D eigenvalue weighted by Gasteiger charge is -2.39. The van der Waals surface area contributed by atoms with Crippen molar-refractivity contribution in [2.24, 2.45) is 5.92 Å². The number of likely N-dealkylation sites (tertiary alicyclic amines) is 1. The van der Waals surface area contributed by atoms with Crippen molar-refractivity contribution in [2.45, 2.75) is 58.4 Å². The van der Waals surface area contributed by atoms with Gasteiger partial charge in [0, 0.05) is 6.04 Å². The van der Waals surface area contributed by atoms with Crippen LogP contribution >= 0.6 is 0 Å². The molecule has 1 fully saturated rings. The zero-order chi connectivity index (χ0) is 13.5. The predicted molar refractivity (Wildman–Crippen MR) is 83.4 cm³/mol. The highest BCUT2D eigenvalue weighted by Gasteiger charge is 2.26. The molecular formula is C18H29N. The molecule has 1 nitrogen and oxygen atoms in total. The molecule has 1 heterocycles. The van der Waals surface area contributed by atoms with Gasteiger partial charge in [0.2, 0.25) is 0 Å². The fourth-order valence-electron chi connectivity index (χ4n) is 3.53. The first-order valence-corrected chi connectivity index (χ1v) is 8.13. The third kappa shape index (κ3) is 4.07. The summed E-state index contributed by atoms with van der Waals surface area (Å²) in [5, 5.41) is 0. The van der Waals surface area contributed by atoms with Crippen molar-refractivity contribution < 1.29 is 0 Å². The first-order chi connectivity index (χ1) is 9.35. The minimum Gasteiger partial charge on any atom is -0.300 e. The van der Waals surface area contributed by atoms with Crippen LogP contribution in [0.1, 0.15) is 51.5 Å². The predicted octanol–water partition coefficient (Wildman–Crippen LogP) is 4.52. The Bertz CT molecular complexity index is 336. The molecule has 106 valence electrons. The van der Waals surface area contributed by atoms with Crippen molar-refractivity contribution in [2.75, 3.05) is 13.1 Å². The fraction of sp³-hybridized carbons (Fsp3) is 0.667. The molecule has 19 heavy (non-hydrogen) atoms. The highest BCUT2D eigenvalue weighted by Crippen LogP contribution is 2.25. The van der Waals surface area contributed by atoms with E-state index in [4.69, 9.17) is 0 Å². The van der Waals surface area contributed by atoms with Crippen molar-refractivity contribution in [3.8, 4) is 0 Å². The summed E-state index contributed by atoms with van der Waals surface area (Å²) in [5.74, 6) is 0.846. The third-order valence-electron chi connectivity index (χ3n) is 4.74. The molecule has 1 aromatic carbocycles. The molecule has 1 aliphatic rings. The average Bonchev–Trinajstić information content (AvgIpc) is 2.49. The second-order valence-corrected chi connectivity index (χ2v) is 5.93. The van der Waals surface area contributed by atoms with Crippen molar-refractivity contribution >= 4 is 0 Å². The minimum absolute atomic E-state index is 0.748. The van der Waals surface area contributed by atoms with Crippen molar-refractivity contribution in [3.05, 3.63) is 35.9 Å². The molecule has 2 rings (SSSR count). The summed E-state index contributed by atoms with van der Waals surface area (Å²) >= 11 is 0. The van der Waals surface area contributed by atoms with Gasteiger partial charge in [-0.1, -0.05) is 63.4 Å². The van der Waals surface area contributed by atoms with Crippen LogP contribution in [0.25, 0.3) is 0 Å². The molecule has 0 spiro atoms. The van der Waals surface area contributed by atoms with Crippen LogP contribution in [0.2, 0.25) is 0 Å². The molecule has 1 saturated heterocycles. The Labute approximate surface area is 119 Å². The standard InChI is InChI=1S/C18H29N/c1-3-17(4-2)18(19-13-9-6-10-14-19)15-16-11-7-5-8-12-16/h5,7-8,11-12,17-18H,3-4,6,9-10,13-15H2,1-2H3. The summed E-state index contributed by atoms with van der Waals surface area (Å²) < 4.78 is 0. The van der Waals surface area contributed by atoms with Gasteiger partial charge in [0.25, 0.3) is 0 Å². The number of hydrogen-bond donors (Lipinski definition) is 0. The third-order valence-corrected chi connectivity index (χ3v) is 4.74. The van der Waals surface area contributed by atoms with Crippen LogP contribution in [-0.2, 0) is 6.42 Å². The lowest BCUT2D eigenvalue weighted by molar-refractivity contribution is 0.111. The molecule has 0 amide bonds. The highest BCUT2D eigenvalue weighted by molar-refractivity contribution is 5.16. The quantitative estimate of drug-likeness (QED) is 0.726. The Morgan fingerprint density at radius 1 is 0.947 bits per heavy atom. The van der Waals surface area contributed by atoms with Gasteiger partial charge >= 0.3 is 0 Å². The molecular weight excluding hydrogens is 230 g/mol. The van der Waals surface area contributed by atoms with Crippen LogP contribution in [0.15, 0.2) is 30.3 Å². The molecule has 0 N–H and O–H groups in total. The summed E-state index contributed by atoms with van der Waals surface area (Å²) in [5.41, 5.74) is 1.50. The van der Waals surface area contributed by atoms with Crippen LogP contribution in [0.3, 0.4) is 0 Å². The van der Waals surface area contributed by atoms with Crippen LogP contribution in [0.5, 0.6) is 0 Å². The van der Waals surface area contributed by atoms with Gasteiger partial charge < -0.3 is 0 Å². The normalized spacial score (nSPS) is 18.7. The summed E-state index contributed by atoms with van der Waals surface area (Å²) in [4.78, 5) is 2.77. The average molecular weight is 259 g/mol. The van der Waals surface area contributed by atoms with Crippen molar-refractivity contribution in [1.29, 1.82) is 0 Å². The smallest absolute Gasteiger partial charge is 0.0164 e. The number of piperidine rings is 1. The van der Waals surface area contributed by atoms with Crippen molar-refractivity contribution in [1.82, 2.24) is 4.90 Å². The Hall–Kier alpha value is -0.820. The van der Waals surface area contributed by atoms with E-state index < -0.39 is 0 Å². The van der Waals surface area contributed by atoms with Gasteiger partial charge in [-0.2, -0.15) is 0 Å². The van der Waals surface area contributed by atoms with Crippen LogP contribution in [0, 0.1) is 5.92 Å².